The number of hydrogen-bond acceptors (Lipinski definition) is 4. The van der Waals surface area contributed by atoms with Crippen molar-refractivity contribution in [2.24, 2.45) is 5.92 Å². The number of nitrogens with one attached hydrogen (secondary N) is 1. The van der Waals surface area contributed by atoms with E-state index in [1.807, 2.05) is 6.92 Å². The van der Waals surface area contributed by atoms with Crippen LogP contribution in [0.1, 0.15) is 38.4 Å². The highest BCUT2D eigenvalue weighted by atomic mass is 35.5. The minimum Gasteiger partial charge on any atom is -0.352 e. The number of aromatic nitrogens is 2. The number of hydrogen-bond donors (Lipinski definition) is 1. The monoisotopic (exact) mass is 423 g/mol. The Morgan fingerprint density at radius 1 is 1.17 bits per heavy atom. The normalized spacial score (nSPS) is 14.7. The number of amides is 3. The predicted octanol–water partition coefficient (Wildman–Crippen LogP) is 1.71. The van der Waals surface area contributed by atoms with Gasteiger partial charge in [-0.1, -0.05) is 25.4 Å². The molecule has 2 heterocycles. The van der Waals surface area contributed by atoms with Crippen molar-refractivity contribution < 1.29 is 14.4 Å². The molecule has 1 aliphatic heterocycles. The Kier molecular flexibility index (Phi) is 8.25. The molecule has 29 heavy (non-hydrogen) atoms. The highest BCUT2D eigenvalue weighted by Crippen LogP contribution is 2.22. The van der Waals surface area contributed by atoms with Crippen LogP contribution in [-0.2, 0) is 20.9 Å². The largest absolute Gasteiger partial charge is 0.352 e. The smallest absolute Gasteiger partial charge is 0.244 e. The first kappa shape index (κ1) is 22.9. The third-order valence-corrected chi connectivity index (χ3v) is 5.16. The first-order valence-electron chi connectivity index (χ1n) is 9.91. The van der Waals surface area contributed by atoms with E-state index in [-0.39, 0.29) is 30.7 Å². The zero-order valence-corrected chi connectivity index (χ0v) is 18.3. The van der Waals surface area contributed by atoms with Crippen LogP contribution in [0.4, 0.5) is 0 Å². The molecule has 0 aliphatic carbocycles. The predicted molar refractivity (Wildman–Crippen MR) is 112 cm³/mol. The fraction of sp³-hybridized carbons (Fsp3) is 0.600. The van der Waals surface area contributed by atoms with Crippen molar-refractivity contribution in [2.75, 3.05) is 32.7 Å². The van der Waals surface area contributed by atoms with Crippen molar-refractivity contribution in [1.29, 1.82) is 0 Å². The van der Waals surface area contributed by atoms with Crippen LogP contribution in [0.3, 0.4) is 0 Å². The number of halogens is 1. The van der Waals surface area contributed by atoms with E-state index >= 15 is 0 Å². The molecule has 1 aliphatic rings. The number of aryl methyl sites for hydroxylation is 1. The van der Waals surface area contributed by atoms with Gasteiger partial charge in [0.2, 0.25) is 17.7 Å². The Balaban J connectivity index is 1.78. The highest BCUT2D eigenvalue weighted by molar-refractivity contribution is 6.31. The van der Waals surface area contributed by atoms with Gasteiger partial charge in [0.05, 0.1) is 5.69 Å². The molecule has 0 atom stereocenters. The first-order valence-corrected chi connectivity index (χ1v) is 10.3. The van der Waals surface area contributed by atoms with Gasteiger partial charge in [0.15, 0.2) is 0 Å². The van der Waals surface area contributed by atoms with Crippen LogP contribution in [0.5, 0.6) is 0 Å². The first-order chi connectivity index (χ1) is 13.7. The molecule has 0 unspecified atom stereocenters. The van der Waals surface area contributed by atoms with E-state index in [1.165, 1.54) is 13.0 Å². The molecule has 3 amide bonds. The van der Waals surface area contributed by atoms with Crippen molar-refractivity contribution in [3.8, 4) is 0 Å². The zero-order chi connectivity index (χ0) is 21.6. The summed E-state index contributed by atoms with van der Waals surface area (Å²) in [6.45, 7) is 10.7. The number of carbonyl (C=O) groups excluding carboxylic acids is 3. The van der Waals surface area contributed by atoms with Crippen LogP contribution in [0.25, 0.3) is 6.08 Å². The summed E-state index contributed by atoms with van der Waals surface area (Å²) in [6, 6.07) is 0. The Morgan fingerprint density at radius 3 is 2.38 bits per heavy atom. The van der Waals surface area contributed by atoms with Crippen molar-refractivity contribution in [1.82, 2.24) is 24.9 Å². The van der Waals surface area contributed by atoms with Crippen LogP contribution in [0, 0.1) is 12.8 Å². The Hall–Kier alpha value is -2.35. The fourth-order valence-electron chi connectivity index (χ4n) is 3.16. The molecular weight excluding hydrogens is 394 g/mol. The quantitative estimate of drug-likeness (QED) is 0.676. The number of rotatable bonds is 7. The molecule has 160 valence electrons. The van der Waals surface area contributed by atoms with E-state index in [9.17, 15) is 14.4 Å². The number of piperazine rings is 1. The Morgan fingerprint density at radius 2 is 1.79 bits per heavy atom. The summed E-state index contributed by atoms with van der Waals surface area (Å²) in [5.41, 5.74) is 1.49. The van der Waals surface area contributed by atoms with E-state index in [0.717, 1.165) is 11.3 Å². The lowest BCUT2D eigenvalue weighted by molar-refractivity contribution is -0.138. The summed E-state index contributed by atoms with van der Waals surface area (Å²) in [5, 5.41) is 7.64. The van der Waals surface area contributed by atoms with Crippen LogP contribution in [0.15, 0.2) is 6.08 Å². The molecule has 0 saturated carbocycles. The average Bonchev–Trinajstić information content (AvgIpc) is 2.92. The third-order valence-electron chi connectivity index (χ3n) is 4.76. The minimum atomic E-state index is -0.286. The minimum absolute atomic E-state index is 0.0219. The van der Waals surface area contributed by atoms with E-state index in [4.69, 9.17) is 11.6 Å². The van der Waals surface area contributed by atoms with E-state index < -0.39 is 0 Å². The number of nitrogens with zero attached hydrogens (tertiary/aromatic N) is 4. The topological polar surface area (TPSA) is 87.5 Å². The second-order valence-corrected chi connectivity index (χ2v) is 7.99. The summed E-state index contributed by atoms with van der Waals surface area (Å²) >= 11 is 6.36. The summed E-state index contributed by atoms with van der Waals surface area (Å²) in [5.74, 6) is 0.133. The SMILES string of the molecule is CC(=O)N1CCN(C(=O)CCNC(=O)/C=C/c2c(C)nn(CC(C)C)c2Cl)CC1. The molecular formula is C20H30ClN5O3. The summed E-state index contributed by atoms with van der Waals surface area (Å²) < 4.78 is 1.74. The summed E-state index contributed by atoms with van der Waals surface area (Å²) in [7, 11) is 0. The molecule has 0 radical (unpaired) electrons. The molecule has 8 nitrogen and oxygen atoms in total. The summed E-state index contributed by atoms with van der Waals surface area (Å²) in [6.07, 6.45) is 3.29. The average molecular weight is 424 g/mol. The van der Waals surface area contributed by atoms with Gasteiger partial charge >= 0.3 is 0 Å². The highest BCUT2D eigenvalue weighted by Gasteiger charge is 2.21. The maximum absolute atomic E-state index is 12.2. The second-order valence-electron chi connectivity index (χ2n) is 7.63. The van der Waals surface area contributed by atoms with Gasteiger partial charge < -0.3 is 15.1 Å². The lowest BCUT2D eigenvalue weighted by Gasteiger charge is -2.34. The Bertz CT molecular complexity index is 779. The van der Waals surface area contributed by atoms with Crippen molar-refractivity contribution >= 4 is 35.4 Å². The van der Waals surface area contributed by atoms with Gasteiger partial charge in [-0.2, -0.15) is 5.10 Å². The maximum atomic E-state index is 12.2. The molecule has 1 fully saturated rings. The van der Waals surface area contributed by atoms with Gasteiger partial charge in [-0.3, -0.25) is 19.1 Å². The van der Waals surface area contributed by atoms with Gasteiger partial charge in [0, 0.05) is 64.3 Å². The molecule has 1 aromatic rings. The van der Waals surface area contributed by atoms with Gasteiger partial charge in [-0.15, -0.1) is 0 Å². The van der Waals surface area contributed by atoms with Crippen LogP contribution < -0.4 is 5.32 Å². The van der Waals surface area contributed by atoms with Crippen molar-refractivity contribution in [3.05, 3.63) is 22.5 Å². The zero-order valence-electron chi connectivity index (χ0n) is 17.6. The summed E-state index contributed by atoms with van der Waals surface area (Å²) in [4.78, 5) is 39.1. The standard InChI is InChI=1S/C20H30ClN5O3/c1-14(2)13-26-20(21)17(15(3)23-26)5-6-18(28)22-8-7-19(29)25-11-9-24(10-12-25)16(4)27/h5-6,14H,7-13H2,1-4H3,(H,22,28)/b6-5+. The van der Waals surface area contributed by atoms with Gasteiger partial charge in [-0.25, -0.2) is 0 Å². The molecule has 2 rings (SSSR count). The van der Waals surface area contributed by atoms with E-state index in [1.54, 1.807) is 20.6 Å². The van der Waals surface area contributed by atoms with Gasteiger partial charge in [-0.05, 0) is 18.9 Å². The van der Waals surface area contributed by atoms with Gasteiger partial charge in [0.25, 0.3) is 0 Å². The molecule has 0 bridgehead atoms. The fourth-order valence-corrected chi connectivity index (χ4v) is 3.47. The maximum Gasteiger partial charge on any atom is 0.244 e. The molecule has 9 heteroatoms. The molecule has 1 aromatic heterocycles. The van der Waals surface area contributed by atoms with E-state index in [2.05, 4.69) is 24.3 Å². The lowest BCUT2D eigenvalue weighted by Crippen LogP contribution is -2.50. The van der Waals surface area contributed by atoms with Crippen LogP contribution in [0.2, 0.25) is 5.15 Å². The molecule has 1 saturated heterocycles. The molecule has 1 N–H and O–H groups in total. The van der Waals surface area contributed by atoms with Crippen LogP contribution >= 0.6 is 11.6 Å². The van der Waals surface area contributed by atoms with Crippen molar-refractivity contribution in [3.63, 3.8) is 0 Å². The lowest BCUT2D eigenvalue weighted by atomic mass is 10.2. The van der Waals surface area contributed by atoms with Gasteiger partial charge in [0.1, 0.15) is 5.15 Å². The Labute approximate surface area is 176 Å². The van der Waals surface area contributed by atoms with E-state index in [0.29, 0.717) is 43.8 Å². The third kappa shape index (κ3) is 6.59. The second kappa shape index (κ2) is 10.4. The number of carbonyl (C=O) groups is 3. The van der Waals surface area contributed by atoms with Crippen LogP contribution in [-0.4, -0.2) is 70.0 Å². The van der Waals surface area contributed by atoms with Crippen molar-refractivity contribution in [2.45, 2.75) is 40.7 Å². The molecule has 0 aromatic carbocycles. The molecule has 0 spiro atoms.